The molecular weight excluding hydrogens is 394 g/mol. The van der Waals surface area contributed by atoms with Gasteiger partial charge in [-0.25, -0.2) is 8.42 Å². The second-order valence-electron chi connectivity index (χ2n) is 7.79. The second kappa shape index (κ2) is 8.88. The SMILES string of the molecule is CC(=O)c1ccc(S(=O)(=O)N2CCN(C(=S)N[C@H]3CCCC[C@H]3C)CC2)cc1. The normalized spacial score (nSPS) is 24.0. The van der Waals surface area contributed by atoms with Gasteiger partial charge in [-0.3, -0.25) is 4.79 Å². The molecule has 6 nitrogen and oxygen atoms in total. The average molecular weight is 424 g/mol. The highest BCUT2D eigenvalue weighted by Crippen LogP contribution is 2.24. The number of benzene rings is 1. The summed E-state index contributed by atoms with van der Waals surface area (Å²) in [5.41, 5.74) is 0.511. The van der Waals surface area contributed by atoms with Gasteiger partial charge in [0.1, 0.15) is 0 Å². The molecule has 0 spiro atoms. The van der Waals surface area contributed by atoms with E-state index in [1.807, 2.05) is 0 Å². The minimum Gasteiger partial charge on any atom is -0.360 e. The maximum Gasteiger partial charge on any atom is 0.243 e. The molecule has 2 aliphatic rings. The Morgan fingerprint density at radius 2 is 1.68 bits per heavy atom. The van der Waals surface area contributed by atoms with Crippen molar-refractivity contribution in [1.82, 2.24) is 14.5 Å². The molecule has 2 atom stereocenters. The van der Waals surface area contributed by atoms with E-state index in [0.717, 1.165) is 11.5 Å². The third-order valence-corrected chi connectivity index (χ3v) is 8.13. The van der Waals surface area contributed by atoms with Gasteiger partial charge in [-0.1, -0.05) is 31.9 Å². The standard InChI is InChI=1S/C20H29N3O3S2/c1-15-5-3-4-6-19(15)21-20(27)22-11-13-23(14-12-22)28(25,26)18-9-7-17(8-10-18)16(2)24/h7-10,15,19H,3-6,11-14H2,1-2H3,(H,21,27)/t15-,19+/m1/s1. The van der Waals surface area contributed by atoms with Crippen LogP contribution in [0.5, 0.6) is 0 Å². The Bertz CT molecular complexity index is 816. The molecule has 1 N–H and O–H groups in total. The summed E-state index contributed by atoms with van der Waals surface area (Å²) in [4.78, 5) is 13.7. The van der Waals surface area contributed by atoms with E-state index in [4.69, 9.17) is 12.2 Å². The zero-order valence-corrected chi connectivity index (χ0v) is 18.2. The van der Waals surface area contributed by atoms with Crippen molar-refractivity contribution in [2.75, 3.05) is 26.2 Å². The van der Waals surface area contributed by atoms with E-state index in [9.17, 15) is 13.2 Å². The van der Waals surface area contributed by atoms with E-state index in [1.54, 1.807) is 12.1 Å². The first-order chi connectivity index (χ1) is 13.3. The molecule has 1 aromatic rings. The number of sulfonamides is 1. The molecule has 28 heavy (non-hydrogen) atoms. The number of carbonyl (C=O) groups excluding carboxylic acids is 1. The Balaban J connectivity index is 1.58. The lowest BCUT2D eigenvalue weighted by molar-refractivity contribution is 0.101. The number of carbonyl (C=O) groups is 1. The highest BCUT2D eigenvalue weighted by Gasteiger charge is 2.30. The van der Waals surface area contributed by atoms with Gasteiger partial charge in [-0.15, -0.1) is 0 Å². The second-order valence-corrected chi connectivity index (χ2v) is 10.1. The van der Waals surface area contributed by atoms with E-state index >= 15 is 0 Å². The Morgan fingerprint density at radius 1 is 1.07 bits per heavy atom. The molecule has 154 valence electrons. The average Bonchev–Trinajstić information content (AvgIpc) is 2.70. The fourth-order valence-electron chi connectivity index (χ4n) is 3.92. The van der Waals surface area contributed by atoms with Crippen molar-refractivity contribution in [3.63, 3.8) is 0 Å². The number of hydrogen-bond acceptors (Lipinski definition) is 4. The van der Waals surface area contributed by atoms with Crippen LogP contribution in [0.15, 0.2) is 29.2 Å². The first-order valence-electron chi connectivity index (χ1n) is 9.95. The van der Waals surface area contributed by atoms with Gasteiger partial charge in [-0.05, 0) is 50.0 Å². The summed E-state index contributed by atoms with van der Waals surface area (Å²) >= 11 is 5.59. The zero-order chi connectivity index (χ0) is 20.3. The van der Waals surface area contributed by atoms with Crippen LogP contribution in [0, 0.1) is 5.92 Å². The maximum atomic E-state index is 12.9. The lowest BCUT2D eigenvalue weighted by Gasteiger charge is -2.38. The van der Waals surface area contributed by atoms with Crippen molar-refractivity contribution in [2.45, 2.75) is 50.5 Å². The van der Waals surface area contributed by atoms with Crippen LogP contribution in [-0.4, -0.2) is 60.7 Å². The number of rotatable bonds is 4. The molecular formula is C20H29N3O3S2. The van der Waals surface area contributed by atoms with Crippen molar-refractivity contribution in [3.8, 4) is 0 Å². The molecule has 1 heterocycles. The van der Waals surface area contributed by atoms with Crippen LogP contribution >= 0.6 is 12.2 Å². The Kier molecular flexibility index (Phi) is 6.73. The Labute approximate surface area is 173 Å². The summed E-state index contributed by atoms with van der Waals surface area (Å²) in [6.07, 6.45) is 4.90. The monoisotopic (exact) mass is 423 g/mol. The van der Waals surface area contributed by atoms with Crippen molar-refractivity contribution in [2.24, 2.45) is 5.92 Å². The van der Waals surface area contributed by atoms with Crippen molar-refractivity contribution >= 4 is 33.1 Å². The number of Topliss-reactive ketones (excluding diaryl/α,β-unsaturated/α-hetero) is 1. The van der Waals surface area contributed by atoms with Crippen LogP contribution in [-0.2, 0) is 10.0 Å². The van der Waals surface area contributed by atoms with E-state index in [0.29, 0.717) is 43.7 Å². The number of nitrogens with one attached hydrogen (secondary N) is 1. The third kappa shape index (κ3) is 4.72. The zero-order valence-electron chi connectivity index (χ0n) is 16.6. The topological polar surface area (TPSA) is 69.7 Å². The van der Waals surface area contributed by atoms with Crippen LogP contribution in [0.4, 0.5) is 0 Å². The van der Waals surface area contributed by atoms with E-state index in [2.05, 4.69) is 17.1 Å². The fourth-order valence-corrected chi connectivity index (χ4v) is 5.68. The van der Waals surface area contributed by atoms with Crippen LogP contribution in [0.25, 0.3) is 0 Å². The molecule has 0 aromatic heterocycles. The Hall–Kier alpha value is -1.51. The summed E-state index contributed by atoms with van der Waals surface area (Å²) in [5, 5.41) is 4.24. The third-order valence-electron chi connectivity index (χ3n) is 5.84. The van der Waals surface area contributed by atoms with E-state index in [1.165, 1.54) is 42.6 Å². The van der Waals surface area contributed by atoms with Gasteiger partial charge in [0, 0.05) is 37.8 Å². The van der Waals surface area contributed by atoms with Crippen LogP contribution in [0.1, 0.15) is 49.9 Å². The summed E-state index contributed by atoms with van der Waals surface area (Å²) in [6, 6.07) is 6.57. The molecule has 1 saturated carbocycles. The highest BCUT2D eigenvalue weighted by atomic mass is 32.2. The molecule has 2 fully saturated rings. The minimum atomic E-state index is -3.56. The lowest BCUT2D eigenvalue weighted by Crippen LogP contribution is -2.55. The van der Waals surface area contributed by atoms with Crippen LogP contribution < -0.4 is 5.32 Å². The van der Waals surface area contributed by atoms with Gasteiger partial charge in [0.2, 0.25) is 10.0 Å². The number of hydrogen-bond donors (Lipinski definition) is 1. The number of ketones is 1. The molecule has 1 aliphatic carbocycles. The summed E-state index contributed by atoms with van der Waals surface area (Å²) in [7, 11) is -3.56. The van der Waals surface area contributed by atoms with Gasteiger partial charge in [0.25, 0.3) is 0 Å². The first-order valence-corrected chi connectivity index (χ1v) is 11.8. The summed E-state index contributed by atoms with van der Waals surface area (Å²) in [6.45, 7) is 5.70. The molecule has 0 radical (unpaired) electrons. The van der Waals surface area contributed by atoms with Gasteiger partial charge in [0.15, 0.2) is 10.9 Å². The van der Waals surface area contributed by atoms with Crippen LogP contribution in [0.3, 0.4) is 0 Å². The van der Waals surface area contributed by atoms with Crippen molar-refractivity contribution in [3.05, 3.63) is 29.8 Å². The molecule has 1 aliphatic heterocycles. The number of piperazine rings is 1. The van der Waals surface area contributed by atoms with Crippen molar-refractivity contribution in [1.29, 1.82) is 0 Å². The summed E-state index contributed by atoms with van der Waals surface area (Å²) in [5.74, 6) is 0.539. The molecule has 3 rings (SSSR count). The van der Waals surface area contributed by atoms with Gasteiger partial charge >= 0.3 is 0 Å². The van der Waals surface area contributed by atoms with Gasteiger partial charge in [0.05, 0.1) is 4.90 Å². The smallest absolute Gasteiger partial charge is 0.243 e. The molecule has 0 amide bonds. The quantitative estimate of drug-likeness (QED) is 0.593. The molecule has 8 heteroatoms. The molecule has 1 saturated heterocycles. The van der Waals surface area contributed by atoms with E-state index in [-0.39, 0.29) is 10.7 Å². The predicted octanol–water partition coefficient (Wildman–Crippen LogP) is 2.65. The Morgan fingerprint density at radius 3 is 2.25 bits per heavy atom. The van der Waals surface area contributed by atoms with E-state index < -0.39 is 10.0 Å². The summed E-state index contributed by atoms with van der Waals surface area (Å²) < 4.78 is 27.3. The number of thiocarbonyl (C=S) groups is 1. The molecule has 1 aromatic carbocycles. The van der Waals surface area contributed by atoms with Gasteiger partial charge in [-0.2, -0.15) is 4.31 Å². The minimum absolute atomic E-state index is 0.0779. The fraction of sp³-hybridized carbons (Fsp3) is 0.600. The largest absolute Gasteiger partial charge is 0.360 e. The highest BCUT2D eigenvalue weighted by molar-refractivity contribution is 7.89. The first kappa shape index (κ1) is 21.2. The molecule has 0 bridgehead atoms. The molecule has 0 unspecified atom stereocenters. The van der Waals surface area contributed by atoms with Crippen LogP contribution in [0.2, 0.25) is 0 Å². The maximum absolute atomic E-state index is 12.9. The predicted molar refractivity (Wildman–Crippen MR) is 114 cm³/mol. The van der Waals surface area contributed by atoms with Gasteiger partial charge < -0.3 is 10.2 Å². The van der Waals surface area contributed by atoms with Crippen molar-refractivity contribution < 1.29 is 13.2 Å². The number of nitrogens with zero attached hydrogens (tertiary/aromatic N) is 2. The lowest BCUT2D eigenvalue weighted by atomic mass is 9.86.